The molecule has 0 spiro atoms. The molecule has 0 aliphatic heterocycles. The van der Waals surface area contributed by atoms with Crippen molar-refractivity contribution in [1.29, 1.82) is 0 Å². The molecule has 1 atom stereocenters. The second-order valence-corrected chi connectivity index (χ2v) is 4.69. The van der Waals surface area contributed by atoms with E-state index < -0.39 is 6.10 Å². The molecule has 1 aromatic rings. The summed E-state index contributed by atoms with van der Waals surface area (Å²) in [5.74, 6) is 0.676. The van der Waals surface area contributed by atoms with Gasteiger partial charge in [0.2, 0.25) is 0 Å². The van der Waals surface area contributed by atoms with E-state index in [9.17, 15) is 5.11 Å². The van der Waals surface area contributed by atoms with Crippen molar-refractivity contribution < 1.29 is 9.84 Å². The van der Waals surface area contributed by atoms with Crippen LogP contribution in [0.2, 0.25) is 5.02 Å². The van der Waals surface area contributed by atoms with Crippen LogP contribution in [0.1, 0.15) is 32.3 Å². The molecule has 0 amide bonds. The third kappa shape index (κ3) is 4.84. The Balaban J connectivity index is 2.67. The average Bonchev–Trinajstić information content (AvgIpc) is 2.38. The van der Waals surface area contributed by atoms with Crippen molar-refractivity contribution in [3.05, 3.63) is 28.8 Å². The summed E-state index contributed by atoms with van der Waals surface area (Å²) >= 11 is 6.13. The normalized spacial score (nSPS) is 12.4. The zero-order valence-corrected chi connectivity index (χ0v) is 11.8. The predicted molar refractivity (Wildman–Crippen MR) is 75.2 cm³/mol. The molecule has 0 aliphatic carbocycles. The quantitative estimate of drug-likeness (QED) is 0.714. The molecule has 102 valence electrons. The van der Waals surface area contributed by atoms with Crippen LogP contribution in [0.3, 0.4) is 0 Å². The number of rotatable bonds is 8. The van der Waals surface area contributed by atoms with E-state index in [0.717, 1.165) is 25.1 Å². The number of ether oxygens (including phenoxy) is 1. The first kappa shape index (κ1) is 15.3. The maximum absolute atomic E-state index is 9.53. The Morgan fingerprint density at radius 3 is 2.83 bits per heavy atom. The summed E-state index contributed by atoms with van der Waals surface area (Å²) in [5.41, 5.74) is 1.03. The molecular weight excluding hydrogens is 250 g/mol. The molecule has 2 N–H and O–H groups in total. The fraction of sp³-hybridized carbons (Fsp3) is 0.571. The van der Waals surface area contributed by atoms with Gasteiger partial charge < -0.3 is 15.2 Å². The van der Waals surface area contributed by atoms with Gasteiger partial charge in [0, 0.05) is 12.1 Å². The van der Waals surface area contributed by atoms with E-state index in [1.54, 1.807) is 6.07 Å². The number of nitrogens with one attached hydrogen (secondary N) is 1. The van der Waals surface area contributed by atoms with E-state index in [4.69, 9.17) is 16.3 Å². The third-order valence-electron chi connectivity index (χ3n) is 2.68. The predicted octanol–water partition coefficient (Wildman–Crippen LogP) is 2.99. The van der Waals surface area contributed by atoms with Crippen molar-refractivity contribution >= 4 is 11.6 Å². The first-order valence-electron chi connectivity index (χ1n) is 6.48. The van der Waals surface area contributed by atoms with E-state index in [1.807, 2.05) is 19.1 Å². The molecule has 0 bridgehead atoms. The van der Waals surface area contributed by atoms with Crippen LogP contribution in [-0.4, -0.2) is 24.4 Å². The van der Waals surface area contributed by atoms with Crippen molar-refractivity contribution in [3.63, 3.8) is 0 Å². The van der Waals surface area contributed by atoms with E-state index in [-0.39, 0.29) is 6.61 Å². The van der Waals surface area contributed by atoms with Crippen molar-refractivity contribution in [2.75, 3.05) is 13.2 Å². The van der Waals surface area contributed by atoms with Crippen molar-refractivity contribution in [2.24, 2.45) is 0 Å². The lowest BCUT2D eigenvalue weighted by Gasteiger charge is -2.15. The Kier molecular flexibility index (Phi) is 7.09. The molecule has 1 unspecified atom stereocenters. The van der Waals surface area contributed by atoms with Gasteiger partial charge in [0.1, 0.15) is 12.4 Å². The lowest BCUT2D eigenvalue weighted by molar-refractivity contribution is 0.104. The van der Waals surface area contributed by atoms with Crippen LogP contribution in [0, 0.1) is 0 Å². The van der Waals surface area contributed by atoms with Crippen LogP contribution in [0.25, 0.3) is 0 Å². The van der Waals surface area contributed by atoms with Gasteiger partial charge in [-0.3, -0.25) is 0 Å². The van der Waals surface area contributed by atoms with Crippen LogP contribution >= 0.6 is 11.6 Å². The van der Waals surface area contributed by atoms with Gasteiger partial charge in [0.15, 0.2) is 0 Å². The van der Waals surface area contributed by atoms with Crippen LogP contribution in [-0.2, 0) is 6.54 Å². The molecule has 0 fully saturated rings. The van der Waals surface area contributed by atoms with Crippen LogP contribution in [0.5, 0.6) is 5.75 Å². The van der Waals surface area contributed by atoms with Gasteiger partial charge in [0.05, 0.1) is 11.1 Å². The number of aliphatic hydroxyl groups excluding tert-OH is 1. The summed E-state index contributed by atoms with van der Waals surface area (Å²) in [7, 11) is 0. The van der Waals surface area contributed by atoms with E-state index in [2.05, 4.69) is 12.2 Å². The van der Waals surface area contributed by atoms with Gasteiger partial charge in [-0.05, 0) is 25.5 Å². The minimum atomic E-state index is -0.447. The molecule has 0 radical (unpaired) electrons. The maximum atomic E-state index is 9.53. The maximum Gasteiger partial charge on any atom is 0.142 e. The molecule has 18 heavy (non-hydrogen) atoms. The summed E-state index contributed by atoms with van der Waals surface area (Å²) in [6.07, 6.45) is 1.32. The molecule has 1 aromatic carbocycles. The Bertz CT molecular complexity index is 358. The van der Waals surface area contributed by atoms with Gasteiger partial charge in [-0.15, -0.1) is 0 Å². The fourth-order valence-corrected chi connectivity index (χ4v) is 1.80. The topological polar surface area (TPSA) is 41.5 Å². The number of hydrogen-bond acceptors (Lipinski definition) is 3. The van der Waals surface area contributed by atoms with Gasteiger partial charge >= 0.3 is 0 Å². The minimum absolute atomic E-state index is 0.279. The van der Waals surface area contributed by atoms with Gasteiger partial charge in [-0.2, -0.15) is 0 Å². The highest BCUT2D eigenvalue weighted by molar-refractivity contribution is 6.32. The number of halogens is 1. The Hall–Kier alpha value is -0.770. The molecule has 0 aliphatic rings. The minimum Gasteiger partial charge on any atom is -0.489 e. The third-order valence-corrected chi connectivity index (χ3v) is 2.98. The molecule has 0 heterocycles. The lowest BCUT2D eigenvalue weighted by Crippen LogP contribution is -2.18. The SMILES string of the molecule is CCCNCc1cccc(Cl)c1OCC(O)CC. The van der Waals surface area contributed by atoms with E-state index in [1.165, 1.54) is 0 Å². The largest absolute Gasteiger partial charge is 0.489 e. The fourth-order valence-electron chi connectivity index (χ4n) is 1.55. The number of hydrogen-bond donors (Lipinski definition) is 2. The second kappa shape index (κ2) is 8.35. The van der Waals surface area contributed by atoms with Crippen molar-refractivity contribution in [3.8, 4) is 5.75 Å². The average molecular weight is 272 g/mol. The highest BCUT2D eigenvalue weighted by atomic mass is 35.5. The molecule has 3 nitrogen and oxygen atoms in total. The summed E-state index contributed by atoms with van der Waals surface area (Å²) in [6.45, 7) is 6.01. The summed E-state index contributed by atoms with van der Waals surface area (Å²) in [4.78, 5) is 0. The molecule has 0 saturated carbocycles. The Morgan fingerprint density at radius 2 is 2.17 bits per heavy atom. The zero-order valence-electron chi connectivity index (χ0n) is 11.1. The zero-order chi connectivity index (χ0) is 13.4. The van der Waals surface area contributed by atoms with Gasteiger partial charge in [-0.1, -0.05) is 37.6 Å². The van der Waals surface area contributed by atoms with E-state index in [0.29, 0.717) is 17.2 Å². The first-order chi connectivity index (χ1) is 8.69. The summed E-state index contributed by atoms with van der Waals surface area (Å²) < 4.78 is 5.63. The Morgan fingerprint density at radius 1 is 1.39 bits per heavy atom. The highest BCUT2D eigenvalue weighted by Gasteiger charge is 2.10. The highest BCUT2D eigenvalue weighted by Crippen LogP contribution is 2.28. The Labute approximate surface area is 114 Å². The van der Waals surface area contributed by atoms with Crippen molar-refractivity contribution in [2.45, 2.75) is 39.3 Å². The standard InChI is InChI=1S/C14H22ClNO2/c1-3-8-16-9-11-6-5-7-13(15)14(11)18-10-12(17)4-2/h5-7,12,16-17H,3-4,8-10H2,1-2H3. The number of benzene rings is 1. The summed E-state index contributed by atoms with van der Waals surface area (Å²) in [6, 6.07) is 5.70. The van der Waals surface area contributed by atoms with Crippen molar-refractivity contribution in [1.82, 2.24) is 5.32 Å². The van der Waals surface area contributed by atoms with E-state index >= 15 is 0 Å². The van der Waals surface area contributed by atoms with Gasteiger partial charge in [-0.25, -0.2) is 0 Å². The molecule has 4 heteroatoms. The molecular formula is C14H22ClNO2. The molecule has 0 saturated heterocycles. The van der Waals surface area contributed by atoms with Crippen LogP contribution in [0.15, 0.2) is 18.2 Å². The lowest BCUT2D eigenvalue weighted by atomic mass is 10.2. The second-order valence-electron chi connectivity index (χ2n) is 4.28. The first-order valence-corrected chi connectivity index (χ1v) is 6.85. The van der Waals surface area contributed by atoms with Crippen LogP contribution < -0.4 is 10.1 Å². The molecule has 1 rings (SSSR count). The number of aliphatic hydroxyl groups is 1. The summed E-state index contributed by atoms with van der Waals surface area (Å²) in [5, 5.41) is 13.4. The van der Waals surface area contributed by atoms with Crippen LogP contribution in [0.4, 0.5) is 0 Å². The smallest absolute Gasteiger partial charge is 0.142 e. The number of para-hydroxylation sites is 1. The molecule has 0 aromatic heterocycles. The monoisotopic (exact) mass is 271 g/mol. The van der Waals surface area contributed by atoms with Gasteiger partial charge in [0.25, 0.3) is 0 Å².